The first-order valence-electron chi connectivity index (χ1n) is 2.41. The molecule has 3 heteroatoms. The second-order valence-corrected chi connectivity index (χ2v) is 3.91. The molecular weight excluding hydrogens is 259 g/mol. The summed E-state index contributed by atoms with van der Waals surface area (Å²) in [5, 5.41) is 0. The number of benzene rings is 1. The molecule has 1 rings (SSSR count). The smallest absolute Gasteiger partial charge is 0.124 e. The summed E-state index contributed by atoms with van der Waals surface area (Å²) in [5.74, 6) is 0. The van der Waals surface area contributed by atoms with Gasteiger partial charge >= 0.3 is 0 Å². The zero-order chi connectivity index (χ0) is 6.85. The SMILES string of the molecule is [Al][c]1cccc(Br)c1Br. The van der Waals surface area contributed by atoms with Gasteiger partial charge in [-0.05, 0) is 22.0 Å². The molecule has 0 unspecified atom stereocenters. The minimum Gasteiger partial charge on any atom is -0.124 e. The Balaban J connectivity index is 3.25. The highest BCUT2D eigenvalue weighted by atomic mass is 79.9. The number of hydrogen-bond donors (Lipinski definition) is 0. The Kier molecular flexibility index (Phi) is 2.78. The van der Waals surface area contributed by atoms with Gasteiger partial charge in [-0.1, -0.05) is 28.1 Å². The predicted molar refractivity (Wildman–Crippen MR) is 47.2 cm³/mol. The molecule has 0 aliphatic heterocycles. The van der Waals surface area contributed by atoms with Crippen molar-refractivity contribution in [2.75, 3.05) is 0 Å². The topological polar surface area (TPSA) is 0 Å². The van der Waals surface area contributed by atoms with Gasteiger partial charge in [-0.25, -0.2) is 0 Å². The monoisotopic (exact) mass is 260 g/mol. The summed E-state index contributed by atoms with van der Waals surface area (Å²) in [6, 6.07) is 6.02. The van der Waals surface area contributed by atoms with Crippen LogP contribution in [0.2, 0.25) is 0 Å². The molecule has 0 amide bonds. The Morgan fingerprint density at radius 1 is 1.22 bits per heavy atom. The fourth-order valence-electron chi connectivity index (χ4n) is 0.520. The number of halogens is 2. The summed E-state index contributed by atoms with van der Waals surface area (Å²) < 4.78 is 3.37. The highest BCUT2D eigenvalue weighted by molar-refractivity contribution is 9.13. The second-order valence-electron chi connectivity index (χ2n) is 1.64. The van der Waals surface area contributed by atoms with Crippen molar-refractivity contribution in [2.24, 2.45) is 0 Å². The van der Waals surface area contributed by atoms with Gasteiger partial charge in [0.05, 0.1) is 0 Å². The fourth-order valence-corrected chi connectivity index (χ4v) is 1.64. The molecule has 1 aromatic rings. The Bertz CT molecular complexity index is 202. The van der Waals surface area contributed by atoms with E-state index in [0.29, 0.717) is 0 Å². The first-order chi connectivity index (χ1) is 4.22. The molecule has 0 aliphatic carbocycles. The van der Waals surface area contributed by atoms with Crippen LogP contribution in [0.3, 0.4) is 0 Å². The lowest BCUT2D eigenvalue weighted by Gasteiger charge is -1.98. The zero-order valence-corrected chi connectivity index (χ0v) is 8.89. The van der Waals surface area contributed by atoms with Crippen LogP contribution in [-0.2, 0) is 0 Å². The summed E-state index contributed by atoms with van der Waals surface area (Å²) in [6.07, 6.45) is 0. The van der Waals surface area contributed by atoms with Crippen molar-refractivity contribution in [3.8, 4) is 0 Å². The third-order valence-corrected chi connectivity index (χ3v) is 3.96. The van der Waals surface area contributed by atoms with Crippen molar-refractivity contribution >= 4 is 52.6 Å². The molecule has 44 valence electrons. The van der Waals surface area contributed by atoms with E-state index in [1.165, 1.54) is 4.43 Å². The zero-order valence-electron chi connectivity index (χ0n) is 4.57. The lowest BCUT2D eigenvalue weighted by molar-refractivity contribution is 1.64. The molecular formula is C6H3AlBr2. The van der Waals surface area contributed by atoms with Crippen LogP contribution in [0.1, 0.15) is 0 Å². The Morgan fingerprint density at radius 3 is 2.33 bits per heavy atom. The van der Waals surface area contributed by atoms with Crippen molar-refractivity contribution in [3.63, 3.8) is 0 Å². The molecule has 0 saturated heterocycles. The molecule has 0 saturated carbocycles. The van der Waals surface area contributed by atoms with Crippen molar-refractivity contribution in [1.82, 2.24) is 0 Å². The molecule has 0 fully saturated rings. The molecule has 0 atom stereocenters. The van der Waals surface area contributed by atoms with Crippen LogP contribution in [0, 0.1) is 0 Å². The minimum absolute atomic E-state index is 1.09. The Morgan fingerprint density at radius 2 is 1.89 bits per heavy atom. The van der Waals surface area contributed by atoms with Gasteiger partial charge in [0.25, 0.3) is 0 Å². The molecule has 0 bridgehead atoms. The number of rotatable bonds is 0. The van der Waals surface area contributed by atoms with Gasteiger partial charge in [0.2, 0.25) is 0 Å². The third kappa shape index (κ3) is 1.81. The molecule has 0 heterocycles. The maximum absolute atomic E-state index is 3.41. The van der Waals surface area contributed by atoms with E-state index in [1.54, 1.807) is 0 Å². The normalized spacial score (nSPS) is 9.56. The maximum atomic E-state index is 3.41. The van der Waals surface area contributed by atoms with Crippen LogP contribution in [0.25, 0.3) is 0 Å². The van der Waals surface area contributed by atoms with E-state index in [1.807, 2.05) is 18.2 Å². The van der Waals surface area contributed by atoms with Crippen LogP contribution >= 0.6 is 31.9 Å². The van der Waals surface area contributed by atoms with Crippen LogP contribution in [-0.4, -0.2) is 16.3 Å². The van der Waals surface area contributed by atoms with Crippen LogP contribution in [0.5, 0.6) is 0 Å². The molecule has 0 spiro atoms. The average Bonchev–Trinajstić information content (AvgIpc) is 1.83. The molecule has 0 aliphatic rings. The van der Waals surface area contributed by atoms with E-state index < -0.39 is 0 Å². The van der Waals surface area contributed by atoms with Crippen molar-refractivity contribution in [2.45, 2.75) is 0 Å². The van der Waals surface area contributed by atoms with Crippen molar-refractivity contribution in [1.29, 1.82) is 0 Å². The van der Waals surface area contributed by atoms with Crippen LogP contribution < -0.4 is 4.43 Å². The van der Waals surface area contributed by atoms with Gasteiger partial charge in [-0.15, -0.1) is 4.43 Å². The molecule has 0 N–H and O–H groups in total. The van der Waals surface area contributed by atoms with Gasteiger partial charge in [-0.2, -0.15) is 0 Å². The Hall–Kier alpha value is 0.712. The predicted octanol–water partition coefficient (Wildman–Crippen LogP) is 2.01. The van der Waals surface area contributed by atoms with E-state index >= 15 is 0 Å². The first kappa shape index (κ1) is 7.82. The molecule has 1 aromatic carbocycles. The third-order valence-electron chi connectivity index (χ3n) is 0.981. The lowest BCUT2D eigenvalue weighted by Crippen LogP contribution is -2.02. The van der Waals surface area contributed by atoms with Gasteiger partial charge in [-0.3, -0.25) is 0 Å². The van der Waals surface area contributed by atoms with E-state index in [9.17, 15) is 0 Å². The molecule has 0 aromatic heterocycles. The first-order valence-corrected chi connectivity index (χ1v) is 4.57. The van der Waals surface area contributed by atoms with Gasteiger partial charge in [0.15, 0.2) is 16.3 Å². The summed E-state index contributed by atoms with van der Waals surface area (Å²) >= 11 is 9.44. The van der Waals surface area contributed by atoms with E-state index in [-0.39, 0.29) is 0 Å². The van der Waals surface area contributed by atoms with E-state index in [4.69, 9.17) is 0 Å². The maximum Gasteiger partial charge on any atom is 0.177 e. The van der Waals surface area contributed by atoms with Crippen LogP contribution in [0.4, 0.5) is 0 Å². The van der Waals surface area contributed by atoms with E-state index in [0.717, 1.165) is 8.95 Å². The summed E-state index contributed by atoms with van der Waals surface area (Å²) in [4.78, 5) is 0. The average molecular weight is 262 g/mol. The largest absolute Gasteiger partial charge is 0.177 e. The molecule has 0 nitrogen and oxygen atoms in total. The summed E-state index contributed by atoms with van der Waals surface area (Å²) in [7, 11) is 0. The summed E-state index contributed by atoms with van der Waals surface area (Å²) in [6.45, 7) is 0. The second kappa shape index (κ2) is 3.21. The standard InChI is InChI=1S/C6H3Br2.Al/c7-5-3-1-2-4-6(5)8;/h1-3H;. The molecule has 9 heavy (non-hydrogen) atoms. The van der Waals surface area contributed by atoms with Gasteiger partial charge < -0.3 is 0 Å². The molecule has 2 radical (unpaired) electrons. The highest BCUT2D eigenvalue weighted by Crippen LogP contribution is 2.18. The van der Waals surface area contributed by atoms with Crippen molar-refractivity contribution < 1.29 is 0 Å². The minimum atomic E-state index is 1.09. The van der Waals surface area contributed by atoms with Gasteiger partial charge in [0.1, 0.15) is 0 Å². The fraction of sp³-hybridized carbons (Fsp3) is 0. The number of hydrogen-bond acceptors (Lipinski definition) is 0. The summed E-state index contributed by atoms with van der Waals surface area (Å²) in [5.41, 5.74) is 0. The lowest BCUT2D eigenvalue weighted by atomic mass is 10.4. The highest BCUT2D eigenvalue weighted by Gasteiger charge is 1.94. The van der Waals surface area contributed by atoms with E-state index in [2.05, 4.69) is 48.2 Å². The van der Waals surface area contributed by atoms with Crippen molar-refractivity contribution in [3.05, 3.63) is 27.1 Å². The van der Waals surface area contributed by atoms with Crippen LogP contribution in [0.15, 0.2) is 27.1 Å². The van der Waals surface area contributed by atoms with Gasteiger partial charge in [0, 0.05) is 8.95 Å². The Labute approximate surface area is 79.3 Å². The quantitative estimate of drug-likeness (QED) is 0.627.